The molecular formula is C31H34N4O2. The summed E-state index contributed by atoms with van der Waals surface area (Å²) in [4.78, 5) is 14.4. The molecule has 0 saturated carbocycles. The minimum atomic E-state index is 0.406. The fraction of sp³-hybridized carbons (Fsp3) is 0.355. The van der Waals surface area contributed by atoms with Crippen LogP contribution in [0.25, 0.3) is 10.8 Å². The van der Waals surface area contributed by atoms with Crippen LogP contribution in [-0.2, 0) is 19.6 Å². The zero-order chi connectivity index (χ0) is 25.2. The van der Waals surface area contributed by atoms with Crippen molar-refractivity contribution in [3.05, 3.63) is 89.1 Å². The van der Waals surface area contributed by atoms with Crippen molar-refractivity contribution in [2.75, 3.05) is 31.6 Å². The van der Waals surface area contributed by atoms with Gasteiger partial charge in [-0.2, -0.15) is 9.97 Å². The van der Waals surface area contributed by atoms with Crippen LogP contribution < -0.4 is 14.4 Å². The predicted octanol–water partition coefficient (Wildman–Crippen LogP) is 5.55. The summed E-state index contributed by atoms with van der Waals surface area (Å²) in [5.41, 5.74) is 5.71. The van der Waals surface area contributed by atoms with Crippen molar-refractivity contribution in [2.24, 2.45) is 0 Å². The molecule has 6 nitrogen and oxygen atoms in total. The second-order valence-electron chi connectivity index (χ2n) is 10.3. The monoisotopic (exact) mass is 494 g/mol. The van der Waals surface area contributed by atoms with E-state index in [9.17, 15) is 0 Å². The van der Waals surface area contributed by atoms with E-state index in [4.69, 9.17) is 19.4 Å². The van der Waals surface area contributed by atoms with Crippen LogP contribution in [-0.4, -0.2) is 47.7 Å². The van der Waals surface area contributed by atoms with Gasteiger partial charge in [-0.25, -0.2) is 0 Å². The lowest BCUT2D eigenvalue weighted by molar-refractivity contribution is 0.184. The Kier molecular flexibility index (Phi) is 6.66. The van der Waals surface area contributed by atoms with Crippen LogP contribution in [0.5, 0.6) is 11.9 Å². The quantitative estimate of drug-likeness (QED) is 0.336. The van der Waals surface area contributed by atoms with Gasteiger partial charge in [0.1, 0.15) is 13.2 Å². The zero-order valence-corrected chi connectivity index (χ0v) is 21.7. The van der Waals surface area contributed by atoms with Crippen LogP contribution in [0, 0.1) is 6.92 Å². The van der Waals surface area contributed by atoms with E-state index in [-0.39, 0.29) is 0 Å². The van der Waals surface area contributed by atoms with Gasteiger partial charge in [-0.3, -0.25) is 0 Å². The number of nitrogens with zero attached hydrogens (tertiary/aromatic N) is 4. The molecule has 2 aliphatic heterocycles. The highest BCUT2D eigenvalue weighted by molar-refractivity contribution is 5.94. The Morgan fingerprint density at radius 3 is 2.68 bits per heavy atom. The third kappa shape index (κ3) is 5.12. The molecule has 0 unspecified atom stereocenters. The number of aromatic nitrogens is 2. The molecule has 190 valence electrons. The third-order valence-corrected chi connectivity index (χ3v) is 7.66. The molecular weight excluding hydrogens is 460 g/mol. The summed E-state index contributed by atoms with van der Waals surface area (Å²) in [6.45, 7) is 5.92. The van der Waals surface area contributed by atoms with Gasteiger partial charge in [-0.15, -0.1) is 0 Å². The van der Waals surface area contributed by atoms with E-state index in [0.29, 0.717) is 37.7 Å². The Balaban J connectivity index is 1.30. The SMILES string of the molecule is Cc1ccc2cccc(N3CCc4c(nc(OC[C@@H]5CCCN5C)nc4OCc4ccccc4)C3)c2c1. The maximum absolute atomic E-state index is 6.29. The molecule has 2 aliphatic rings. The number of hydrogen-bond acceptors (Lipinski definition) is 6. The molecule has 0 bridgehead atoms. The summed E-state index contributed by atoms with van der Waals surface area (Å²) < 4.78 is 12.5. The first-order valence-electron chi connectivity index (χ1n) is 13.3. The van der Waals surface area contributed by atoms with Gasteiger partial charge in [0, 0.05) is 29.2 Å². The highest BCUT2D eigenvalue weighted by Crippen LogP contribution is 2.34. The molecule has 1 atom stereocenters. The molecule has 1 fully saturated rings. The zero-order valence-electron chi connectivity index (χ0n) is 21.7. The molecule has 1 aromatic heterocycles. The number of hydrogen-bond donors (Lipinski definition) is 0. The highest BCUT2D eigenvalue weighted by Gasteiger charge is 2.26. The molecule has 0 N–H and O–H groups in total. The lowest BCUT2D eigenvalue weighted by Gasteiger charge is -2.31. The van der Waals surface area contributed by atoms with Crippen LogP contribution in [0.15, 0.2) is 66.7 Å². The standard InChI is InChI=1S/C31H34N4O2/c1-22-13-14-24-10-6-12-29(27(24)18-22)35-17-15-26-28(19-35)32-31(37-21-25-11-7-16-34(25)2)33-30(26)36-20-23-8-4-3-5-9-23/h3-6,8-10,12-14,18,25H,7,11,15-17,19-21H2,1-2H3/t25-/m0/s1. The van der Waals surface area contributed by atoms with Gasteiger partial charge >= 0.3 is 6.01 Å². The molecule has 37 heavy (non-hydrogen) atoms. The lowest BCUT2D eigenvalue weighted by atomic mass is 10.0. The van der Waals surface area contributed by atoms with Crippen LogP contribution in [0.4, 0.5) is 5.69 Å². The van der Waals surface area contributed by atoms with Crippen molar-refractivity contribution < 1.29 is 9.47 Å². The maximum atomic E-state index is 6.29. The van der Waals surface area contributed by atoms with E-state index in [0.717, 1.165) is 42.8 Å². The predicted molar refractivity (Wildman–Crippen MR) is 147 cm³/mol. The molecule has 0 amide bonds. The summed E-state index contributed by atoms with van der Waals surface area (Å²) in [5.74, 6) is 0.650. The molecule has 6 heteroatoms. The fourth-order valence-corrected chi connectivity index (χ4v) is 5.50. The number of likely N-dealkylation sites (tertiary alicyclic amines) is 1. The number of anilines is 1. The van der Waals surface area contributed by atoms with E-state index in [2.05, 4.69) is 72.3 Å². The van der Waals surface area contributed by atoms with Crippen molar-refractivity contribution >= 4 is 16.5 Å². The summed E-state index contributed by atoms with van der Waals surface area (Å²) in [6.07, 6.45) is 3.18. The number of benzene rings is 3. The van der Waals surface area contributed by atoms with E-state index in [1.54, 1.807) is 0 Å². The van der Waals surface area contributed by atoms with Crippen molar-refractivity contribution in [2.45, 2.75) is 45.4 Å². The molecule has 6 rings (SSSR count). The van der Waals surface area contributed by atoms with Crippen molar-refractivity contribution in [3.8, 4) is 11.9 Å². The smallest absolute Gasteiger partial charge is 0.320 e. The van der Waals surface area contributed by atoms with Crippen molar-refractivity contribution in [1.82, 2.24) is 14.9 Å². The Bertz CT molecular complexity index is 1390. The van der Waals surface area contributed by atoms with Gasteiger partial charge in [0.15, 0.2) is 0 Å². The average molecular weight is 495 g/mol. The van der Waals surface area contributed by atoms with Crippen LogP contribution in [0.2, 0.25) is 0 Å². The summed E-state index contributed by atoms with van der Waals surface area (Å²) in [5, 5.41) is 2.54. The third-order valence-electron chi connectivity index (χ3n) is 7.66. The largest absolute Gasteiger partial charge is 0.472 e. The Hall–Kier alpha value is -3.64. The molecule has 0 spiro atoms. The Labute approximate surface area is 218 Å². The van der Waals surface area contributed by atoms with E-state index < -0.39 is 0 Å². The number of likely N-dealkylation sites (N-methyl/N-ethyl adjacent to an activating group) is 1. The number of ether oxygens (including phenoxy) is 2. The minimum Gasteiger partial charge on any atom is -0.472 e. The van der Waals surface area contributed by atoms with Gasteiger partial charge in [0.2, 0.25) is 5.88 Å². The number of rotatable bonds is 7. The summed E-state index contributed by atoms with van der Waals surface area (Å²) in [6, 6.07) is 24.2. The average Bonchev–Trinajstić information content (AvgIpc) is 3.34. The maximum Gasteiger partial charge on any atom is 0.320 e. The first kappa shape index (κ1) is 23.7. The van der Waals surface area contributed by atoms with Crippen LogP contribution >= 0.6 is 0 Å². The Morgan fingerprint density at radius 2 is 1.84 bits per heavy atom. The van der Waals surface area contributed by atoms with Crippen molar-refractivity contribution in [1.29, 1.82) is 0 Å². The first-order valence-corrected chi connectivity index (χ1v) is 13.3. The number of aryl methyl sites for hydroxylation is 1. The summed E-state index contributed by atoms with van der Waals surface area (Å²) in [7, 11) is 2.16. The first-order chi connectivity index (χ1) is 18.1. The van der Waals surface area contributed by atoms with Gasteiger partial charge in [-0.1, -0.05) is 60.2 Å². The van der Waals surface area contributed by atoms with Crippen LogP contribution in [0.1, 0.15) is 35.2 Å². The van der Waals surface area contributed by atoms with Gasteiger partial charge in [-0.05, 0) is 62.9 Å². The highest BCUT2D eigenvalue weighted by atomic mass is 16.5. The van der Waals surface area contributed by atoms with Crippen molar-refractivity contribution in [3.63, 3.8) is 0 Å². The van der Waals surface area contributed by atoms with E-state index >= 15 is 0 Å². The lowest BCUT2D eigenvalue weighted by Crippen LogP contribution is -2.33. The Morgan fingerprint density at radius 1 is 0.946 bits per heavy atom. The molecule has 3 heterocycles. The van der Waals surface area contributed by atoms with E-state index in [1.807, 2.05) is 18.2 Å². The molecule has 1 saturated heterocycles. The van der Waals surface area contributed by atoms with Crippen LogP contribution in [0.3, 0.4) is 0 Å². The fourth-order valence-electron chi connectivity index (χ4n) is 5.50. The second-order valence-corrected chi connectivity index (χ2v) is 10.3. The molecule has 0 radical (unpaired) electrons. The molecule has 0 aliphatic carbocycles. The topological polar surface area (TPSA) is 50.7 Å². The molecule has 3 aromatic carbocycles. The minimum absolute atomic E-state index is 0.406. The number of fused-ring (bicyclic) bond motifs is 2. The van der Waals surface area contributed by atoms with Gasteiger partial charge in [0.25, 0.3) is 0 Å². The second kappa shape index (κ2) is 10.4. The molecule has 4 aromatic rings. The summed E-state index contributed by atoms with van der Waals surface area (Å²) >= 11 is 0. The van der Waals surface area contributed by atoms with E-state index in [1.165, 1.54) is 28.4 Å². The normalized spacial score (nSPS) is 17.7. The van der Waals surface area contributed by atoms with Gasteiger partial charge in [0.05, 0.1) is 12.2 Å². The van der Waals surface area contributed by atoms with Gasteiger partial charge < -0.3 is 19.3 Å².